The zero-order valence-corrected chi connectivity index (χ0v) is 61.1. The maximum absolute atomic E-state index is 13.4. The molecule has 0 radical (unpaired) electrons. The molecule has 2 fully saturated rings. The number of hydrogen-bond acceptors (Lipinski definition) is 0. The molecular weight excluding hydrogens is 1570 g/mol. The van der Waals surface area contributed by atoms with Crippen LogP contribution < -0.4 is 14.0 Å². The van der Waals surface area contributed by atoms with Gasteiger partial charge in [-0.3, -0.25) is 0 Å². The third-order valence-corrected chi connectivity index (χ3v) is 40.1. The number of rotatable bonds is 4. The zero-order valence-electron chi connectivity index (χ0n) is 50.4. The Morgan fingerprint density at radius 3 is 1.16 bits per heavy atom. The molecule has 2 aliphatic rings. The van der Waals surface area contributed by atoms with Gasteiger partial charge in [0.1, 0.15) is 0 Å². The van der Waals surface area contributed by atoms with Crippen molar-refractivity contribution in [2.24, 2.45) is 0 Å². The summed E-state index contributed by atoms with van der Waals surface area (Å²) >= 11 is -15.5. The van der Waals surface area contributed by atoms with Crippen molar-refractivity contribution in [1.82, 2.24) is 0 Å². The molecule has 0 amide bonds. The molecule has 438 valence electrons. The number of aryl methyl sites for hydroxylation is 4. The topological polar surface area (TPSA) is 0 Å². The fourth-order valence-electron chi connectivity index (χ4n) is 12.1. The Balaban J connectivity index is 0.000000156. The molecule has 8 aromatic rings. The van der Waals surface area contributed by atoms with Gasteiger partial charge in [-0.05, 0) is 0 Å². The summed E-state index contributed by atoms with van der Waals surface area (Å²) in [5.74, 6) is 0. The van der Waals surface area contributed by atoms with E-state index in [1.807, 2.05) is 49.2 Å². The van der Waals surface area contributed by atoms with Crippen LogP contribution in [0.15, 0.2) is 121 Å². The van der Waals surface area contributed by atoms with Gasteiger partial charge in [-0.25, -0.2) is 0 Å². The molecule has 2 aliphatic heterocycles. The molecule has 0 N–H and O–H groups in total. The van der Waals surface area contributed by atoms with Crippen molar-refractivity contribution in [2.75, 3.05) is 0 Å². The van der Waals surface area contributed by atoms with Gasteiger partial charge < -0.3 is 0 Å². The third-order valence-electron chi connectivity index (χ3n) is 15.9. The van der Waals surface area contributed by atoms with Crippen molar-refractivity contribution in [3.63, 3.8) is 0 Å². The van der Waals surface area contributed by atoms with E-state index in [1.54, 1.807) is 88.3 Å². The average Bonchev–Trinajstić information content (AvgIpc) is 3.71. The van der Waals surface area contributed by atoms with E-state index in [2.05, 4.69) is 116 Å². The van der Waals surface area contributed by atoms with Gasteiger partial charge in [-0.2, -0.15) is 0 Å². The van der Waals surface area contributed by atoms with Crippen molar-refractivity contribution in [1.29, 1.82) is 0 Å². The average molecular weight is 1650 g/mol. The van der Waals surface area contributed by atoms with Crippen molar-refractivity contribution < 1.29 is 27.6 Å². The molecule has 0 aliphatic carbocycles. The standard InChI is InChI=1S/C16H17F3Te.C15H17F5Te.2C15H17.2C4H8.Bi.Sb/c1-10-11-7-5-6-8-12(11)14(20-16(17,18)19)9-13(10)15(2,3)4;1-10-11-7-5-6-8-12(11)14(21(16,17,18,19)20)9-13(10)15(2,3)4;2*1-11-13-8-6-5-7-12(13)9-10-14(11)15(2,3)4;2*1-3-4-2;;/h5-9H,1-4H3;5-9H,1-4H3;2*5-8,10H,1-4H3;2*1-4H2;;. The second kappa shape index (κ2) is 24.0. The molecule has 81 heavy (non-hydrogen) atoms. The summed E-state index contributed by atoms with van der Waals surface area (Å²) < 4.78 is 110. The molecule has 0 nitrogen and oxygen atoms in total. The Labute approximate surface area is 505 Å². The monoisotopic (exact) mass is 1650 g/mol. The Kier molecular flexibility index (Phi) is 19.6. The Morgan fingerprint density at radius 1 is 0.407 bits per heavy atom. The minimum absolute atomic E-state index is 0.151. The predicted molar refractivity (Wildman–Crippen MR) is 340 cm³/mol. The number of benzene rings is 8. The molecule has 0 atom stereocenters. The fourth-order valence-corrected chi connectivity index (χ4v) is 35.4. The van der Waals surface area contributed by atoms with Crippen LogP contribution in [0.5, 0.6) is 0 Å². The van der Waals surface area contributed by atoms with Gasteiger partial charge in [0, 0.05) is 0 Å². The van der Waals surface area contributed by atoms with Gasteiger partial charge >= 0.3 is 511 Å². The van der Waals surface area contributed by atoms with Gasteiger partial charge in [0.05, 0.1) is 0 Å². The van der Waals surface area contributed by atoms with E-state index in [0.717, 1.165) is 28.0 Å². The number of alkyl halides is 3. The Morgan fingerprint density at radius 2 is 0.741 bits per heavy atom. The van der Waals surface area contributed by atoms with Gasteiger partial charge in [0.15, 0.2) is 0 Å². The summed E-state index contributed by atoms with van der Waals surface area (Å²) in [5.41, 5.74) is 8.87. The zero-order chi connectivity index (χ0) is 60.1. The number of hydrogen-bond donors (Lipinski definition) is 0. The van der Waals surface area contributed by atoms with E-state index in [1.165, 1.54) is 59.7 Å². The summed E-state index contributed by atoms with van der Waals surface area (Å²) in [6.07, 6.45) is 5.95. The molecule has 2 heterocycles. The van der Waals surface area contributed by atoms with E-state index in [0.29, 0.717) is 20.8 Å². The van der Waals surface area contributed by atoms with E-state index in [4.69, 9.17) is 0 Å². The fraction of sp³-hybridized carbons (Fsp3) is 0.420. The summed E-state index contributed by atoms with van der Waals surface area (Å²) in [6.45, 7) is 33.7. The van der Waals surface area contributed by atoms with Crippen LogP contribution in [0.1, 0.15) is 153 Å². The van der Waals surface area contributed by atoms with Crippen molar-refractivity contribution in [2.45, 2.75) is 179 Å². The molecule has 0 spiro atoms. The van der Waals surface area contributed by atoms with Crippen molar-refractivity contribution >= 4 is 138 Å². The van der Waals surface area contributed by atoms with Crippen LogP contribution in [0.3, 0.4) is 0 Å². The van der Waals surface area contributed by atoms with E-state index in [9.17, 15) is 27.6 Å². The molecule has 0 saturated carbocycles. The molecule has 0 unspecified atom stereocenters. The summed E-state index contributed by atoms with van der Waals surface area (Å²) in [6, 6.07) is 38.8. The van der Waals surface area contributed by atoms with E-state index >= 15 is 0 Å². The first kappa shape index (κ1) is 66.1. The SMILES string of the molecule is Cc1c(C(C)(C)C)c[c]([Bi]2[CH2]CC[CH2]2)c2ccccc12.Cc1c(C(C)(C)C)c[c]([Sb]2[CH2]CC[CH2]2)c2ccccc12.Cc1c(C(C)(C)C)cc([Te](F)(F)(F)(F)F)c2ccccc12.Cc1c(C(C)(C)C)cc([Te]C(F)(F)F)c2ccccc12. The minimum atomic E-state index is -10.7. The Bertz CT molecular complexity index is 3470. The van der Waals surface area contributed by atoms with E-state index in [-0.39, 0.29) is 21.6 Å². The van der Waals surface area contributed by atoms with Crippen LogP contribution >= 0.6 is 0 Å². The van der Waals surface area contributed by atoms with Gasteiger partial charge in [-0.15, -0.1) is 0 Å². The normalized spacial score (nSPS) is 15.9. The van der Waals surface area contributed by atoms with Gasteiger partial charge in [0.25, 0.3) is 0 Å². The molecule has 2 saturated heterocycles. The second-order valence-corrected chi connectivity index (χ2v) is 52.8. The predicted octanol–water partition coefficient (Wildman–Crippen LogP) is 19.5. The molecule has 0 aromatic heterocycles. The molecular formula is C69H84BiF8SbTe2. The first-order valence-corrected chi connectivity index (χ1v) is 47.7. The van der Waals surface area contributed by atoms with Crippen LogP contribution in [0.25, 0.3) is 43.1 Å². The first-order chi connectivity index (χ1) is 37.2. The van der Waals surface area contributed by atoms with Gasteiger partial charge in [-0.1, -0.05) is 0 Å². The molecule has 10 rings (SSSR count). The summed E-state index contributed by atoms with van der Waals surface area (Å²) in [5, 5.41) is 7.70. The summed E-state index contributed by atoms with van der Waals surface area (Å²) in [7, 11) is 0. The van der Waals surface area contributed by atoms with Gasteiger partial charge in [0.2, 0.25) is 0 Å². The second-order valence-electron chi connectivity index (χ2n) is 26.3. The number of fused-ring (bicyclic) bond motifs is 4. The van der Waals surface area contributed by atoms with Crippen molar-refractivity contribution in [3.8, 4) is 0 Å². The summed E-state index contributed by atoms with van der Waals surface area (Å²) in [4.78, 5) is 0. The first-order valence-electron chi connectivity index (χ1n) is 28.3. The quantitative estimate of drug-likeness (QED) is 0.122. The van der Waals surface area contributed by atoms with Crippen molar-refractivity contribution in [3.05, 3.63) is 166 Å². The van der Waals surface area contributed by atoms with Crippen LogP contribution in [0.4, 0.5) is 27.6 Å². The molecule has 0 bridgehead atoms. The van der Waals surface area contributed by atoms with Crippen LogP contribution in [0, 0.1) is 27.7 Å². The van der Waals surface area contributed by atoms with E-state index < -0.39 is 99.8 Å². The molecule has 8 aromatic carbocycles. The van der Waals surface area contributed by atoms with Crippen LogP contribution in [-0.2, 0) is 21.7 Å². The maximum atomic E-state index is 13.4. The Hall–Kier alpha value is -2.48. The van der Waals surface area contributed by atoms with Crippen LogP contribution in [0.2, 0.25) is 17.0 Å². The van der Waals surface area contributed by atoms with Crippen LogP contribution in [-0.4, -0.2) is 85.4 Å². The third kappa shape index (κ3) is 15.9. The molecule has 12 heteroatoms. The number of halogens is 8.